The lowest BCUT2D eigenvalue weighted by Crippen LogP contribution is -2.56. The SMILES string of the molecule is CC1=C2[C@H](CCC3=C([C@@H](C)C[C@@H]4OC(C)(C)O[C@@H]4C(C)(C)O)CC[C@]32C)[C@@]2(C)CC[C@@H](O)C(C)(C)[C@@H]2C1. The first-order valence-electron chi connectivity index (χ1n) is 15.1. The van der Waals surface area contributed by atoms with Crippen LogP contribution in [0.25, 0.3) is 0 Å². The van der Waals surface area contributed by atoms with Gasteiger partial charge in [0.1, 0.15) is 6.10 Å². The van der Waals surface area contributed by atoms with Crippen LogP contribution in [0.15, 0.2) is 22.3 Å². The summed E-state index contributed by atoms with van der Waals surface area (Å²) in [4.78, 5) is 0. The first-order valence-corrected chi connectivity index (χ1v) is 15.1. The van der Waals surface area contributed by atoms with Gasteiger partial charge >= 0.3 is 0 Å². The third-order valence-electron chi connectivity index (χ3n) is 11.9. The van der Waals surface area contributed by atoms with Gasteiger partial charge < -0.3 is 19.7 Å². The molecule has 5 aliphatic rings. The molecular formula is C33H54O4. The van der Waals surface area contributed by atoms with Crippen LogP contribution in [0.3, 0.4) is 0 Å². The Labute approximate surface area is 226 Å². The van der Waals surface area contributed by atoms with Crippen molar-refractivity contribution in [1.82, 2.24) is 0 Å². The summed E-state index contributed by atoms with van der Waals surface area (Å²) in [6.07, 6.45) is 8.34. The monoisotopic (exact) mass is 514 g/mol. The van der Waals surface area contributed by atoms with Crippen LogP contribution in [0.4, 0.5) is 0 Å². The average Bonchev–Trinajstić information content (AvgIpc) is 3.28. The summed E-state index contributed by atoms with van der Waals surface area (Å²) in [5.74, 6) is 0.936. The van der Waals surface area contributed by atoms with Crippen LogP contribution in [0, 0.1) is 34.0 Å². The fraction of sp³-hybridized carbons (Fsp3) is 0.879. The summed E-state index contributed by atoms with van der Waals surface area (Å²) in [5.41, 5.74) is 6.22. The first kappa shape index (κ1) is 27.9. The van der Waals surface area contributed by atoms with E-state index in [1.165, 1.54) is 25.7 Å². The van der Waals surface area contributed by atoms with E-state index < -0.39 is 11.4 Å². The largest absolute Gasteiger partial charge is 0.393 e. The standard InChI is InChI=1S/C33H54O4/c1-19(17-24-28(30(5,6)35)37-31(7,8)36-24)21-13-15-33(10)22(21)11-12-23-27(33)20(2)18-25-29(3,4)26(34)14-16-32(23,25)9/h19,23-26,28,34-35H,11-18H2,1-10H3/t19-,23-,24-,25-,26+,28-,32+,33+/m0/s1. The molecule has 37 heavy (non-hydrogen) atoms. The number of ether oxygens (including phenoxy) is 2. The second kappa shape index (κ2) is 8.66. The van der Waals surface area contributed by atoms with E-state index in [9.17, 15) is 10.2 Å². The third kappa shape index (κ3) is 4.23. The number of hydrogen-bond acceptors (Lipinski definition) is 4. The zero-order valence-corrected chi connectivity index (χ0v) is 25.3. The van der Waals surface area contributed by atoms with Gasteiger partial charge in [0.25, 0.3) is 0 Å². The Hall–Kier alpha value is -0.680. The molecule has 1 aliphatic heterocycles. The maximum Gasteiger partial charge on any atom is 0.163 e. The molecule has 2 saturated carbocycles. The van der Waals surface area contributed by atoms with E-state index in [0.717, 1.165) is 25.7 Å². The van der Waals surface area contributed by atoms with Crippen molar-refractivity contribution in [2.75, 3.05) is 0 Å². The molecule has 0 aromatic rings. The molecule has 210 valence electrons. The molecule has 0 radical (unpaired) electrons. The Bertz CT molecular complexity index is 996. The molecule has 0 aromatic carbocycles. The molecule has 0 aromatic heterocycles. The highest BCUT2D eigenvalue weighted by Crippen LogP contribution is 2.69. The van der Waals surface area contributed by atoms with Crippen LogP contribution in [0.2, 0.25) is 0 Å². The van der Waals surface area contributed by atoms with E-state index in [1.807, 2.05) is 27.7 Å². The number of rotatable bonds is 4. The highest BCUT2D eigenvalue weighted by molar-refractivity contribution is 5.46. The molecule has 1 heterocycles. The van der Waals surface area contributed by atoms with E-state index >= 15 is 0 Å². The third-order valence-corrected chi connectivity index (χ3v) is 11.9. The van der Waals surface area contributed by atoms with Gasteiger partial charge in [0.15, 0.2) is 5.79 Å². The molecule has 1 saturated heterocycles. The smallest absolute Gasteiger partial charge is 0.163 e. The van der Waals surface area contributed by atoms with Crippen LogP contribution in [-0.4, -0.2) is 39.9 Å². The van der Waals surface area contributed by atoms with Gasteiger partial charge in [-0.1, -0.05) is 56.9 Å². The summed E-state index contributed by atoms with van der Waals surface area (Å²) >= 11 is 0. The molecule has 2 N–H and O–H groups in total. The Balaban J connectivity index is 1.45. The molecule has 0 unspecified atom stereocenters. The predicted octanol–water partition coefficient (Wildman–Crippen LogP) is 7.33. The minimum Gasteiger partial charge on any atom is -0.393 e. The van der Waals surface area contributed by atoms with Crippen molar-refractivity contribution in [3.8, 4) is 0 Å². The number of hydrogen-bond donors (Lipinski definition) is 2. The number of fused-ring (bicyclic) bond motifs is 5. The molecule has 8 atom stereocenters. The van der Waals surface area contributed by atoms with Gasteiger partial charge in [-0.05, 0) is 115 Å². The van der Waals surface area contributed by atoms with E-state index in [0.29, 0.717) is 17.8 Å². The molecule has 4 aliphatic carbocycles. The van der Waals surface area contributed by atoms with Crippen LogP contribution in [0.1, 0.15) is 121 Å². The number of aliphatic hydroxyl groups excluding tert-OH is 1. The van der Waals surface area contributed by atoms with Gasteiger partial charge in [-0.15, -0.1) is 0 Å². The predicted molar refractivity (Wildman–Crippen MR) is 149 cm³/mol. The van der Waals surface area contributed by atoms with Gasteiger partial charge in [0.05, 0.1) is 17.8 Å². The van der Waals surface area contributed by atoms with Crippen molar-refractivity contribution in [1.29, 1.82) is 0 Å². The lowest BCUT2D eigenvalue weighted by Gasteiger charge is -2.62. The summed E-state index contributed by atoms with van der Waals surface area (Å²) < 4.78 is 12.5. The van der Waals surface area contributed by atoms with Crippen molar-refractivity contribution in [3.63, 3.8) is 0 Å². The van der Waals surface area contributed by atoms with Crippen molar-refractivity contribution in [3.05, 3.63) is 22.3 Å². The lowest BCUT2D eigenvalue weighted by molar-refractivity contribution is -0.165. The van der Waals surface area contributed by atoms with E-state index in [1.54, 1.807) is 22.3 Å². The Morgan fingerprint density at radius 3 is 2.32 bits per heavy atom. The highest BCUT2D eigenvalue weighted by atomic mass is 16.8. The van der Waals surface area contributed by atoms with Gasteiger partial charge in [-0.2, -0.15) is 0 Å². The maximum atomic E-state index is 10.9. The van der Waals surface area contributed by atoms with E-state index in [4.69, 9.17) is 9.47 Å². The summed E-state index contributed by atoms with van der Waals surface area (Å²) in [6.45, 7) is 22.1. The van der Waals surface area contributed by atoms with Crippen molar-refractivity contribution in [2.45, 2.75) is 150 Å². The first-order chi connectivity index (χ1) is 16.9. The molecule has 0 amide bonds. The summed E-state index contributed by atoms with van der Waals surface area (Å²) in [6, 6.07) is 0. The average molecular weight is 515 g/mol. The van der Waals surface area contributed by atoms with Crippen molar-refractivity contribution < 1.29 is 19.7 Å². The normalized spacial score (nSPS) is 43.9. The minimum absolute atomic E-state index is 0.0275. The van der Waals surface area contributed by atoms with E-state index in [-0.39, 0.29) is 34.6 Å². The van der Waals surface area contributed by atoms with Gasteiger partial charge in [0, 0.05) is 5.41 Å². The second-order valence-corrected chi connectivity index (χ2v) is 15.6. The molecule has 5 rings (SSSR count). The molecule has 0 bridgehead atoms. The van der Waals surface area contributed by atoms with Crippen molar-refractivity contribution >= 4 is 0 Å². The van der Waals surface area contributed by atoms with Crippen LogP contribution < -0.4 is 0 Å². The minimum atomic E-state index is -0.935. The zero-order chi connectivity index (χ0) is 27.3. The van der Waals surface area contributed by atoms with Gasteiger partial charge in [0.2, 0.25) is 0 Å². The van der Waals surface area contributed by atoms with Gasteiger partial charge in [-0.25, -0.2) is 0 Å². The highest BCUT2D eigenvalue weighted by Gasteiger charge is 2.60. The Morgan fingerprint density at radius 1 is 1.00 bits per heavy atom. The molecule has 3 fully saturated rings. The van der Waals surface area contributed by atoms with E-state index in [2.05, 4.69) is 41.5 Å². The lowest BCUT2D eigenvalue weighted by atomic mass is 9.43. The van der Waals surface area contributed by atoms with Crippen LogP contribution >= 0.6 is 0 Å². The summed E-state index contributed by atoms with van der Waals surface area (Å²) in [7, 11) is 0. The van der Waals surface area contributed by atoms with Crippen molar-refractivity contribution in [2.24, 2.45) is 34.0 Å². The molecule has 4 heteroatoms. The van der Waals surface area contributed by atoms with Crippen LogP contribution in [-0.2, 0) is 9.47 Å². The molecule has 0 spiro atoms. The van der Waals surface area contributed by atoms with Gasteiger partial charge in [-0.3, -0.25) is 0 Å². The Morgan fingerprint density at radius 2 is 1.68 bits per heavy atom. The van der Waals surface area contributed by atoms with Crippen LogP contribution in [0.5, 0.6) is 0 Å². The molecular weight excluding hydrogens is 460 g/mol. The second-order valence-electron chi connectivity index (χ2n) is 15.6. The molecule has 4 nitrogen and oxygen atoms in total. The fourth-order valence-corrected chi connectivity index (χ4v) is 10.1. The zero-order valence-electron chi connectivity index (χ0n) is 25.3. The number of aliphatic hydroxyl groups is 2. The maximum absolute atomic E-state index is 10.9. The topological polar surface area (TPSA) is 58.9 Å². The summed E-state index contributed by atoms with van der Waals surface area (Å²) in [5, 5.41) is 21.7. The fourth-order valence-electron chi connectivity index (χ4n) is 10.1. The number of allylic oxidation sites excluding steroid dienone is 4. The Kier molecular flexibility index (Phi) is 6.52. The quantitative estimate of drug-likeness (QED) is 0.386.